The standard InChI is InChI=1S/C27H31N3O3/c1-27(26(32)28-21-11-6-3-7-12-21)19-29-22(24-13-8-18-33-24)14-15-23(29)25(31)30(27)17-16-20-9-4-2-5-10-20/h2,4-5,8-10,13-15,18,21H,3,6-7,11-12,16-17,19H2,1H3,(H,28,32)/t27-/m0/s1. The number of benzene rings is 1. The summed E-state index contributed by atoms with van der Waals surface area (Å²) in [5, 5.41) is 3.29. The van der Waals surface area contributed by atoms with Gasteiger partial charge in [0.1, 0.15) is 17.0 Å². The van der Waals surface area contributed by atoms with Crippen LogP contribution in [0.25, 0.3) is 11.5 Å². The molecule has 0 unspecified atom stereocenters. The molecule has 2 aromatic heterocycles. The first kappa shape index (κ1) is 21.6. The van der Waals surface area contributed by atoms with Crippen LogP contribution in [-0.4, -0.2) is 39.4 Å². The second-order valence-electron chi connectivity index (χ2n) is 9.44. The third-order valence-corrected chi connectivity index (χ3v) is 7.18. The maximum absolute atomic E-state index is 13.7. The van der Waals surface area contributed by atoms with Gasteiger partial charge in [0.2, 0.25) is 5.91 Å². The molecule has 0 saturated heterocycles. The highest BCUT2D eigenvalue weighted by Gasteiger charge is 2.48. The lowest BCUT2D eigenvalue weighted by Crippen LogP contribution is -2.65. The van der Waals surface area contributed by atoms with Crippen molar-refractivity contribution in [1.82, 2.24) is 14.8 Å². The van der Waals surface area contributed by atoms with E-state index < -0.39 is 5.54 Å². The number of furan rings is 1. The molecule has 5 rings (SSSR count). The van der Waals surface area contributed by atoms with E-state index in [1.807, 2.05) is 54.0 Å². The Morgan fingerprint density at radius 2 is 1.79 bits per heavy atom. The maximum Gasteiger partial charge on any atom is 0.271 e. The van der Waals surface area contributed by atoms with E-state index in [0.717, 1.165) is 36.9 Å². The van der Waals surface area contributed by atoms with E-state index in [9.17, 15) is 9.59 Å². The molecule has 1 N–H and O–H groups in total. The predicted octanol–water partition coefficient (Wildman–Crippen LogP) is 4.65. The molecule has 3 heterocycles. The largest absolute Gasteiger partial charge is 0.463 e. The smallest absolute Gasteiger partial charge is 0.271 e. The summed E-state index contributed by atoms with van der Waals surface area (Å²) >= 11 is 0. The van der Waals surface area contributed by atoms with Crippen molar-refractivity contribution in [1.29, 1.82) is 0 Å². The van der Waals surface area contributed by atoms with Gasteiger partial charge in [-0.1, -0.05) is 49.6 Å². The van der Waals surface area contributed by atoms with Gasteiger partial charge in [0, 0.05) is 12.6 Å². The van der Waals surface area contributed by atoms with Crippen LogP contribution in [0.4, 0.5) is 0 Å². The first-order chi connectivity index (χ1) is 16.1. The summed E-state index contributed by atoms with van der Waals surface area (Å²) in [6.07, 6.45) is 7.85. The van der Waals surface area contributed by atoms with Crippen molar-refractivity contribution in [3.63, 3.8) is 0 Å². The van der Waals surface area contributed by atoms with E-state index in [4.69, 9.17) is 4.42 Å². The van der Waals surface area contributed by atoms with Gasteiger partial charge in [-0.3, -0.25) is 9.59 Å². The van der Waals surface area contributed by atoms with Crippen LogP contribution in [0.2, 0.25) is 0 Å². The van der Waals surface area contributed by atoms with Gasteiger partial charge in [-0.25, -0.2) is 0 Å². The minimum atomic E-state index is -0.989. The molecule has 172 valence electrons. The first-order valence-corrected chi connectivity index (χ1v) is 12.0. The second kappa shape index (κ2) is 8.93. The van der Waals surface area contributed by atoms with Crippen LogP contribution in [0.1, 0.15) is 55.1 Å². The van der Waals surface area contributed by atoms with E-state index in [1.54, 1.807) is 11.2 Å². The topological polar surface area (TPSA) is 67.5 Å². The molecular weight excluding hydrogens is 414 g/mol. The molecule has 1 saturated carbocycles. The van der Waals surface area contributed by atoms with Crippen molar-refractivity contribution in [2.24, 2.45) is 0 Å². The minimum absolute atomic E-state index is 0.0689. The molecule has 0 spiro atoms. The summed E-state index contributed by atoms with van der Waals surface area (Å²) in [5.41, 5.74) is 1.58. The van der Waals surface area contributed by atoms with E-state index in [2.05, 4.69) is 17.4 Å². The van der Waals surface area contributed by atoms with Gasteiger partial charge in [-0.05, 0) is 56.0 Å². The number of amides is 2. The summed E-state index contributed by atoms with van der Waals surface area (Å²) in [6, 6.07) is 17.8. The summed E-state index contributed by atoms with van der Waals surface area (Å²) in [5.74, 6) is 0.513. The van der Waals surface area contributed by atoms with E-state index in [0.29, 0.717) is 31.0 Å². The van der Waals surface area contributed by atoms with Crippen LogP contribution in [0.3, 0.4) is 0 Å². The van der Waals surface area contributed by atoms with Crippen LogP contribution in [0.15, 0.2) is 65.3 Å². The van der Waals surface area contributed by atoms with Gasteiger partial charge in [-0.2, -0.15) is 0 Å². The zero-order chi connectivity index (χ0) is 22.8. The number of carbonyl (C=O) groups is 2. The average molecular weight is 446 g/mol. The van der Waals surface area contributed by atoms with Crippen LogP contribution >= 0.6 is 0 Å². The number of carbonyl (C=O) groups excluding carboxylic acids is 2. The van der Waals surface area contributed by atoms with Crippen molar-refractivity contribution in [2.45, 2.75) is 63.6 Å². The van der Waals surface area contributed by atoms with Gasteiger partial charge >= 0.3 is 0 Å². The molecule has 1 aliphatic heterocycles. The molecule has 1 fully saturated rings. The molecule has 1 atom stereocenters. The van der Waals surface area contributed by atoms with Gasteiger partial charge in [-0.15, -0.1) is 0 Å². The Morgan fingerprint density at radius 1 is 1.03 bits per heavy atom. The fraction of sp³-hybridized carbons (Fsp3) is 0.407. The van der Waals surface area contributed by atoms with Crippen molar-refractivity contribution in [3.8, 4) is 11.5 Å². The summed E-state index contributed by atoms with van der Waals surface area (Å²) in [7, 11) is 0. The van der Waals surface area contributed by atoms with Gasteiger partial charge in [0.25, 0.3) is 5.91 Å². The Labute approximate surface area is 194 Å². The lowest BCUT2D eigenvalue weighted by atomic mass is 9.91. The summed E-state index contributed by atoms with van der Waals surface area (Å²) < 4.78 is 7.56. The highest BCUT2D eigenvalue weighted by molar-refractivity contribution is 6.00. The molecular formula is C27H31N3O3. The highest BCUT2D eigenvalue weighted by atomic mass is 16.3. The van der Waals surface area contributed by atoms with Crippen LogP contribution < -0.4 is 5.32 Å². The fourth-order valence-corrected chi connectivity index (χ4v) is 5.24. The zero-order valence-corrected chi connectivity index (χ0v) is 19.1. The third kappa shape index (κ3) is 4.10. The number of nitrogens with zero attached hydrogens (tertiary/aromatic N) is 2. The molecule has 0 bridgehead atoms. The number of fused-ring (bicyclic) bond motifs is 1. The minimum Gasteiger partial charge on any atom is -0.463 e. The second-order valence-corrected chi connectivity index (χ2v) is 9.44. The van der Waals surface area contributed by atoms with Gasteiger partial charge in [0.15, 0.2) is 0 Å². The molecule has 33 heavy (non-hydrogen) atoms. The lowest BCUT2D eigenvalue weighted by molar-refractivity contribution is -0.133. The predicted molar refractivity (Wildman–Crippen MR) is 127 cm³/mol. The average Bonchev–Trinajstić information content (AvgIpc) is 3.50. The first-order valence-electron chi connectivity index (χ1n) is 12.0. The van der Waals surface area contributed by atoms with Crippen LogP contribution in [0, 0.1) is 0 Å². The number of rotatable bonds is 6. The number of hydrogen-bond acceptors (Lipinski definition) is 3. The molecule has 1 aliphatic carbocycles. The Kier molecular flexibility index (Phi) is 5.83. The Morgan fingerprint density at radius 3 is 2.52 bits per heavy atom. The molecule has 2 amide bonds. The summed E-state index contributed by atoms with van der Waals surface area (Å²) in [6.45, 7) is 2.78. The summed E-state index contributed by atoms with van der Waals surface area (Å²) in [4.78, 5) is 29.2. The number of aromatic nitrogens is 1. The van der Waals surface area contributed by atoms with Crippen LogP contribution in [-0.2, 0) is 17.8 Å². The van der Waals surface area contributed by atoms with E-state index in [-0.39, 0.29) is 17.9 Å². The molecule has 0 radical (unpaired) electrons. The maximum atomic E-state index is 13.7. The molecule has 2 aliphatic rings. The van der Waals surface area contributed by atoms with Gasteiger partial charge in [0.05, 0.1) is 18.5 Å². The molecule has 6 nitrogen and oxygen atoms in total. The Balaban J connectivity index is 1.47. The molecule has 1 aromatic carbocycles. The Bertz CT molecular complexity index is 1110. The monoisotopic (exact) mass is 445 g/mol. The lowest BCUT2D eigenvalue weighted by Gasteiger charge is -2.45. The molecule has 6 heteroatoms. The number of nitrogens with one attached hydrogen (secondary N) is 1. The third-order valence-electron chi connectivity index (χ3n) is 7.18. The van der Waals surface area contributed by atoms with Crippen molar-refractivity contribution >= 4 is 11.8 Å². The van der Waals surface area contributed by atoms with Crippen molar-refractivity contribution in [2.75, 3.05) is 6.54 Å². The van der Waals surface area contributed by atoms with E-state index >= 15 is 0 Å². The van der Waals surface area contributed by atoms with Crippen molar-refractivity contribution in [3.05, 3.63) is 72.1 Å². The molecule has 3 aromatic rings. The van der Waals surface area contributed by atoms with Gasteiger partial charge < -0.3 is 19.2 Å². The SMILES string of the molecule is C[C@@]1(C(=O)NC2CCCCC2)Cn2c(ccc2-c2ccco2)C(=O)N1CCc1ccccc1. The van der Waals surface area contributed by atoms with Crippen molar-refractivity contribution < 1.29 is 14.0 Å². The van der Waals surface area contributed by atoms with E-state index in [1.165, 1.54) is 6.42 Å². The zero-order valence-electron chi connectivity index (χ0n) is 19.1. The number of hydrogen-bond donors (Lipinski definition) is 1. The normalized spacial score (nSPS) is 21.1. The van der Waals surface area contributed by atoms with Crippen LogP contribution in [0.5, 0.6) is 0 Å². The Hall–Kier alpha value is -3.28. The fourth-order valence-electron chi connectivity index (χ4n) is 5.24. The quantitative estimate of drug-likeness (QED) is 0.600. The highest BCUT2D eigenvalue weighted by Crippen LogP contribution is 2.34.